The number of carbonyl (C=O) groups excluding carboxylic acids is 1. The van der Waals surface area contributed by atoms with E-state index in [2.05, 4.69) is 15.3 Å². The molecule has 2 heterocycles. The van der Waals surface area contributed by atoms with Crippen LogP contribution in [0.4, 0.5) is 11.5 Å². The number of anilines is 2. The van der Waals surface area contributed by atoms with Gasteiger partial charge in [-0.25, -0.2) is 9.97 Å². The lowest BCUT2D eigenvalue weighted by atomic mass is 10.2. The van der Waals surface area contributed by atoms with Gasteiger partial charge in [0, 0.05) is 5.69 Å². The number of nitrogen functional groups attached to an aromatic ring is 1. The number of aryl methyl sites for hydroxylation is 1. The normalized spacial score (nSPS) is 10.1. The maximum atomic E-state index is 12.0. The Balaban J connectivity index is 2.24. The summed E-state index contributed by atoms with van der Waals surface area (Å²) >= 11 is 5.73. The van der Waals surface area contributed by atoms with Crippen molar-refractivity contribution in [2.75, 3.05) is 11.1 Å². The molecule has 2 aromatic rings. The minimum atomic E-state index is -0.366. The maximum absolute atomic E-state index is 12.0. The first-order chi connectivity index (χ1) is 8.56. The van der Waals surface area contributed by atoms with E-state index in [9.17, 15) is 4.79 Å². The van der Waals surface area contributed by atoms with Gasteiger partial charge in [0.25, 0.3) is 5.91 Å². The molecule has 18 heavy (non-hydrogen) atoms. The van der Waals surface area contributed by atoms with Gasteiger partial charge in [0.15, 0.2) is 0 Å². The lowest BCUT2D eigenvalue weighted by Gasteiger charge is -2.07. The number of nitrogens with zero attached hydrogens (tertiary/aromatic N) is 2. The zero-order chi connectivity index (χ0) is 13.1. The molecule has 0 fully saturated rings. The quantitative estimate of drug-likeness (QED) is 0.814. The molecule has 5 nitrogen and oxygen atoms in total. The third-order valence-corrected chi connectivity index (χ3v) is 2.48. The molecule has 0 atom stereocenters. The van der Waals surface area contributed by atoms with Crippen molar-refractivity contribution >= 4 is 29.0 Å². The zero-order valence-corrected chi connectivity index (χ0v) is 10.4. The van der Waals surface area contributed by atoms with E-state index in [0.717, 1.165) is 5.69 Å². The summed E-state index contributed by atoms with van der Waals surface area (Å²) in [5, 5.41) is 2.87. The Hall–Kier alpha value is -2.14. The fraction of sp³-hybridized carbons (Fsp3) is 0.0833. The monoisotopic (exact) mass is 262 g/mol. The number of hydrogen-bond donors (Lipinski definition) is 2. The lowest BCUT2D eigenvalue weighted by molar-refractivity contribution is 0.102. The van der Waals surface area contributed by atoms with Gasteiger partial charge in [0.2, 0.25) is 0 Å². The Morgan fingerprint density at radius 2 is 2.22 bits per heavy atom. The highest BCUT2D eigenvalue weighted by atomic mass is 35.5. The predicted octanol–water partition coefficient (Wildman–Crippen LogP) is 2.27. The average Bonchev–Trinajstić information content (AvgIpc) is 2.32. The number of nitrogens with one attached hydrogen (secondary N) is 1. The van der Waals surface area contributed by atoms with Gasteiger partial charge in [-0.1, -0.05) is 17.7 Å². The molecular formula is C12H11ClN4O. The number of carbonyl (C=O) groups is 1. The summed E-state index contributed by atoms with van der Waals surface area (Å²) in [6.45, 7) is 1.84. The van der Waals surface area contributed by atoms with Crippen molar-refractivity contribution in [3.05, 3.63) is 46.9 Å². The molecule has 0 bridgehead atoms. The van der Waals surface area contributed by atoms with E-state index >= 15 is 0 Å². The molecule has 0 radical (unpaired) electrons. The Morgan fingerprint density at radius 3 is 2.94 bits per heavy atom. The van der Waals surface area contributed by atoms with Crippen LogP contribution in [0.3, 0.4) is 0 Å². The fourth-order valence-electron chi connectivity index (χ4n) is 1.43. The highest BCUT2D eigenvalue weighted by Crippen LogP contribution is 2.16. The summed E-state index contributed by atoms with van der Waals surface area (Å²) in [6, 6.07) is 6.76. The van der Waals surface area contributed by atoms with E-state index in [-0.39, 0.29) is 22.3 Å². The van der Waals surface area contributed by atoms with E-state index < -0.39 is 0 Å². The average molecular weight is 263 g/mol. The predicted molar refractivity (Wildman–Crippen MR) is 70.6 cm³/mol. The molecule has 1 amide bonds. The molecule has 0 aromatic carbocycles. The van der Waals surface area contributed by atoms with E-state index in [1.54, 1.807) is 12.1 Å². The number of amides is 1. The Morgan fingerprint density at radius 1 is 1.44 bits per heavy atom. The number of pyridine rings is 2. The lowest BCUT2D eigenvalue weighted by Crippen LogP contribution is -2.15. The van der Waals surface area contributed by atoms with E-state index in [1.807, 2.05) is 13.0 Å². The number of nitrogens with two attached hydrogens (primary N) is 1. The van der Waals surface area contributed by atoms with Gasteiger partial charge in [0.1, 0.15) is 11.0 Å². The van der Waals surface area contributed by atoms with Gasteiger partial charge in [-0.3, -0.25) is 4.79 Å². The van der Waals surface area contributed by atoms with E-state index in [0.29, 0.717) is 5.82 Å². The largest absolute Gasteiger partial charge is 0.397 e. The van der Waals surface area contributed by atoms with Crippen LogP contribution in [0.2, 0.25) is 5.15 Å². The molecule has 6 heteroatoms. The van der Waals surface area contributed by atoms with Crippen molar-refractivity contribution in [1.29, 1.82) is 0 Å². The number of rotatable bonds is 2. The van der Waals surface area contributed by atoms with Gasteiger partial charge in [-0.05, 0) is 25.1 Å². The van der Waals surface area contributed by atoms with Gasteiger partial charge in [-0.2, -0.15) is 0 Å². The summed E-state index contributed by atoms with van der Waals surface area (Å²) in [5.41, 5.74) is 7.03. The molecule has 0 aliphatic rings. The second-order valence-corrected chi connectivity index (χ2v) is 4.10. The van der Waals surface area contributed by atoms with Gasteiger partial charge in [0.05, 0.1) is 17.4 Å². The summed E-state index contributed by atoms with van der Waals surface area (Å²) in [7, 11) is 0. The molecule has 0 unspecified atom stereocenters. The maximum Gasteiger partial charge on any atom is 0.259 e. The molecule has 92 valence electrons. The van der Waals surface area contributed by atoms with Crippen LogP contribution < -0.4 is 11.1 Å². The van der Waals surface area contributed by atoms with Crippen molar-refractivity contribution in [1.82, 2.24) is 9.97 Å². The van der Waals surface area contributed by atoms with Crippen molar-refractivity contribution in [3.63, 3.8) is 0 Å². The summed E-state index contributed by atoms with van der Waals surface area (Å²) in [6.07, 6.45) is 1.35. The number of aromatic nitrogens is 2. The molecule has 3 N–H and O–H groups in total. The summed E-state index contributed by atoms with van der Waals surface area (Å²) < 4.78 is 0. The topological polar surface area (TPSA) is 80.9 Å². The Bertz CT molecular complexity index is 600. The van der Waals surface area contributed by atoms with Crippen LogP contribution in [-0.2, 0) is 0 Å². The third-order valence-electron chi connectivity index (χ3n) is 2.28. The summed E-state index contributed by atoms with van der Waals surface area (Å²) in [5.74, 6) is 0.0993. The van der Waals surface area contributed by atoms with Crippen molar-refractivity contribution in [3.8, 4) is 0 Å². The third kappa shape index (κ3) is 2.75. The minimum Gasteiger partial charge on any atom is -0.397 e. The molecule has 0 spiro atoms. The van der Waals surface area contributed by atoms with Crippen LogP contribution in [0.25, 0.3) is 0 Å². The van der Waals surface area contributed by atoms with Gasteiger partial charge in [-0.15, -0.1) is 0 Å². The van der Waals surface area contributed by atoms with Crippen LogP contribution in [0, 0.1) is 6.92 Å². The molecular weight excluding hydrogens is 252 g/mol. The van der Waals surface area contributed by atoms with Gasteiger partial charge >= 0.3 is 0 Å². The summed E-state index contributed by atoms with van der Waals surface area (Å²) in [4.78, 5) is 19.9. The molecule has 0 saturated heterocycles. The molecule has 2 aromatic heterocycles. The Labute approximate surface area is 109 Å². The van der Waals surface area contributed by atoms with Crippen LogP contribution in [0.1, 0.15) is 16.1 Å². The Kier molecular flexibility index (Phi) is 3.43. The zero-order valence-electron chi connectivity index (χ0n) is 9.64. The van der Waals surface area contributed by atoms with Crippen molar-refractivity contribution < 1.29 is 4.79 Å². The van der Waals surface area contributed by atoms with Crippen molar-refractivity contribution in [2.45, 2.75) is 6.92 Å². The highest BCUT2D eigenvalue weighted by molar-refractivity contribution is 6.30. The number of halogens is 1. The second-order valence-electron chi connectivity index (χ2n) is 3.71. The van der Waals surface area contributed by atoms with Crippen LogP contribution >= 0.6 is 11.6 Å². The van der Waals surface area contributed by atoms with Crippen LogP contribution in [0.5, 0.6) is 0 Å². The van der Waals surface area contributed by atoms with Crippen LogP contribution in [0.15, 0.2) is 30.5 Å². The van der Waals surface area contributed by atoms with E-state index in [4.69, 9.17) is 17.3 Å². The number of hydrogen-bond acceptors (Lipinski definition) is 4. The first kappa shape index (κ1) is 12.3. The molecule has 2 rings (SSSR count). The minimum absolute atomic E-state index is 0.214. The second kappa shape index (κ2) is 5.01. The van der Waals surface area contributed by atoms with Crippen molar-refractivity contribution in [2.24, 2.45) is 0 Å². The molecule has 0 aliphatic heterocycles. The smallest absolute Gasteiger partial charge is 0.259 e. The highest BCUT2D eigenvalue weighted by Gasteiger charge is 2.11. The molecule has 0 saturated carbocycles. The van der Waals surface area contributed by atoms with Gasteiger partial charge < -0.3 is 11.1 Å². The standard InChI is InChI=1S/C12H11ClN4O/c1-7-3-2-4-11(16-7)17-12(18)8-5-10(13)15-6-9(8)14/h2-6H,14H2,1H3,(H,16,17,18). The first-order valence-electron chi connectivity index (χ1n) is 5.22. The first-order valence-corrected chi connectivity index (χ1v) is 5.60. The van der Waals surface area contributed by atoms with Crippen LogP contribution in [-0.4, -0.2) is 15.9 Å². The fourth-order valence-corrected chi connectivity index (χ4v) is 1.59. The van der Waals surface area contributed by atoms with E-state index in [1.165, 1.54) is 12.3 Å². The molecule has 0 aliphatic carbocycles. The SMILES string of the molecule is Cc1cccc(NC(=O)c2cc(Cl)ncc2N)n1.